The van der Waals surface area contributed by atoms with Gasteiger partial charge >= 0.3 is 0 Å². The van der Waals surface area contributed by atoms with Crippen LogP contribution in [0.25, 0.3) is 11.0 Å². The molecule has 0 unspecified atom stereocenters. The van der Waals surface area contributed by atoms with Crippen LogP contribution in [0.15, 0.2) is 74.9 Å². The van der Waals surface area contributed by atoms with Gasteiger partial charge in [-0.1, -0.05) is 24.3 Å². The van der Waals surface area contributed by atoms with Crippen LogP contribution in [0.4, 0.5) is 4.39 Å². The molecule has 0 fully saturated rings. The van der Waals surface area contributed by atoms with Crippen LogP contribution in [0.3, 0.4) is 0 Å². The van der Waals surface area contributed by atoms with E-state index in [1.54, 1.807) is 43.1 Å². The largest absolute Gasteiger partial charge is 0.460 e. The average molecular weight is 437 g/mol. The number of nitrogens with one attached hydrogen (secondary N) is 1. The fraction of sp³-hybridized carbons (Fsp3) is 0.167. The molecule has 2 aromatic heterocycles. The summed E-state index contributed by atoms with van der Waals surface area (Å²) in [7, 11) is 0. The number of carbonyl (C=O) groups is 1. The lowest BCUT2D eigenvalue weighted by Crippen LogP contribution is -2.26. The van der Waals surface area contributed by atoms with Gasteiger partial charge in [0, 0.05) is 17.6 Å². The van der Waals surface area contributed by atoms with Gasteiger partial charge in [0.2, 0.25) is 0 Å². The van der Waals surface area contributed by atoms with Gasteiger partial charge in [0.05, 0.1) is 17.5 Å². The first-order chi connectivity index (χ1) is 15.0. The molecule has 158 valence electrons. The Morgan fingerprint density at radius 3 is 2.61 bits per heavy atom. The monoisotopic (exact) mass is 436 g/mol. The normalized spacial score (nSPS) is 11.1. The molecule has 31 heavy (non-hydrogen) atoms. The SMILES string of the molecule is CSc1ccc(CNC(=O)c2c(C)oc3ccn(Cc4cccc(F)c4)c(=O)c23)cc1. The number of halogens is 1. The van der Waals surface area contributed by atoms with Crippen molar-refractivity contribution < 1.29 is 13.6 Å². The summed E-state index contributed by atoms with van der Waals surface area (Å²) in [5.74, 6) is -0.354. The summed E-state index contributed by atoms with van der Waals surface area (Å²) < 4.78 is 20.6. The molecule has 0 radical (unpaired) electrons. The molecule has 4 rings (SSSR count). The zero-order valence-corrected chi connectivity index (χ0v) is 18.0. The lowest BCUT2D eigenvalue weighted by Gasteiger charge is -2.08. The Balaban J connectivity index is 1.62. The standard InChI is InChI=1S/C24H21FN2O3S/c1-15-21(23(28)26-13-16-6-8-19(31-2)9-7-16)22-20(30-15)10-11-27(24(22)29)14-17-4-3-5-18(25)12-17/h3-12H,13-14H2,1-2H3,(H,26,28). The van der Waals surface area contributed by atoms with E-state index in [2.05, 4.69) is 5.32 Å². The first kappa shape index (κ1) is 20.9. The van der Waals surface area contributed by atoms with Crippen LogP contribution in [-0.2, 0) is 13.1 Å². The number of pyridine rings is 1. The molecule has 0 saturated carbocycles. The number of aryl methyl sites for hydroxylation is 1. The van der Waals surface area contributed by atoms with E-state index in [1.165, 1.54) is 16.7 Å². The van der Waals surface area contributed by atoms with Crippen molar-refractivity contribution in [2.24, 2.45) is 0 Å². The lowest BCUT2D eigenvalue weighted by molar-refractivity contribution is 0.0950. The number of thioether (sulfide) groups is 1. The van der Waals surface area contributed by atoms with Crippen molar-refractivity contribution in [3.63, 3.8) is 0 Å². The van der Waals surface area contributed by atoms with Crippen LogP contribution in [-0.4, -0.2) is 16.7 Å². The maximum Gasteiger partial charge on any atom is 0.262 e. The summed E-state index contributed by atoms with van der Waals surface area (Å²) in [6.07, 6.45) is 3.60. The molecule has 0 aliphatic heterocycles. The molecule has 0 aliphatic rings. The summed E-state index contributed by atoms with van der Waals surface area (Å²) in [5.41, 5.74) is 1.84. The van der Waals surface area contributed by atoms with E-state index in [-0.39, 0.29) is 34.8 Å². The molecular weight excluding hydrogens is 415 g/mol. The Labute approximate surface area is 182 Å². The Bertz CT molecular complexity index is 1310. The molecule has 1 amide bonds. The van der Waals surface area contributed by atoms with Crippen molar-refractivity contribution in [1.29, 1.82) is 0 Å². The van der Waals surface area contributed by atoms with Gasteiger partial charge in [-0.25, -0.2) is 4.39 Å². The number of nitrogens with zero attached hydrogens (tertiary/aromatic N) is 1. The van der Waals surface area contributed by atoms with Crippen molar-refractivity contribution in [3.8, 4) is 0 Å². The van der Waals surface area contributed by atoms with Crippen molar-refractivity contribution in [2.45, 2.75) is 24.9 Å². The first-order valence-corrected chi connectivity index (χ1v) is 11.0. The second kappa shape index (κ2) is 8.81. The van der Waals surface area contributed by atoms with Crippen LogP contribution >= 0.6 is 11.8 Å². The van der Waals surface area contributed by atoms with E-state index in [0.717, 1.165) is 10.5 Å². The first-order valence-electron chi connectivity index (χ1n) is 9.74. The summed E-state index contributed by atoms with van der Waals surface area (Å²) in [5, 5.41) is 3.10. The van der Waals surface area contributed by atoms with Crippen LogP contribution in [0.2, 0.25) is 0 Å². The maximum atomic E-state index is 13.5. The van der Waals surface area contributed by atoms with Crippen molar-refractivity contribution >= 4 is 28.6 Å². The third-order valence-electron chi connectivity index (χ3n) is 5.07. The molecule has 0 spiro atoms. The van der Waals surface area contributed by atoms with Gasteiger partial charge in [0.15, 0.2) is 0 Å². The highest BCUT2D eigenvalue weighted by Crippen LogP contribution is 2.23. The Morgan fingerprint density at radius 1 is 1.13 bits per heavy atom. The zero-order chi connectivity index (χ0) is 22.0. The van der Waals surface area contributed by atoms with Gasteiger partial charge in [0.25, 0.3) is 11.5 Å². The van der Waals surface area contributed by atoms with Gasteiger partial charge in [-0.15, -0.1) is 11.8 Å². The predicted molar refractivity (Wildman–Crippen MR) is 120 cm³/mol. The Morgan fingerprint density at radius 2 is 1.90 bits per heavy atom. The van der Waals surface area contributed by atoms with Crippen LogP contribution < -0.4 is 10.9 Å². The van der Waals surface area contributed by atoms with Gasteiger partial charge in [0.1, 0.15) is 17.2 Å². The third kappa shape index (κ3) is 4.41. The fourth-order valence-electron chi connectivity index (χ4n) is 3.51. The smallest absolute Gasteiger partial charge is 0.262 e. The fourth-order valence-corrected chi connectivity index (χ4v) is 3.92. The molecule has 4 aromatic rings. The average Bonchev–Trinajstić information content (AvgIpc) is 3.11. The van der Waals surface area contributed by atoms with Crippen LogP contribution in [0, 0.1) is 12.7 Å². The number of rotatable bonds is 6. The minimum atomic E-state index is -0.370. The van der Waals surface area contributed by atoms with Crippen LogP contribution in [0.1, 0.15) is 27.2 Å². The number of fused-ring (bicyclic) bond motifs is 1. The van der Waals surface area contributed by atoms with Gasteiger partial charge in [-0.05, 0) is 54.6 Å². The molecule has 7 heteroatoms. The highest BCUT2D eigenvalue weighted by molar-refractivity contribution is 7.98. The molecule has 0 bridgehead atoms. The maximum absolute atomic E-state index is 13.5. The second-order valence-corrected chi connectivity index (χ2v) is 8.06. The van der Waals surface area contributed by atoms with Gasteiger partial charge in [-0.3, -0.25) is 9.59 Å². The van der Waals surface area contributed by atoms with E-state index >= 15 is 0 Å². The number of amides is 1. The van der Waals surface area contributed by atoms with Crippen molar-refractivity contribution in [3.05, 3.63) is 99.4 Å². The molecule has 2 heterocycles. The minimum absolute atomic E-state index is 0.194. The van der Waals surface area contributed by atoms with E-state index in [4.69, 9.17) is 4.42 Å². The number of carbonyl (C=O) groups excluding carboxylic acids is 1. The van der Waals surface area contributed by atoms with E-state index in [9.17, 15) is 14.0 Å². The van der Waals surface area contributed by atoms with E-state index < -0.39 is 0 Å². The minimum Gasteiger partial charge on any atom is -0.460 e. The lowest BCUT2D eigenvalue weighted by atomic mass is 10.1. The summed E-state index contributed by atoms with van der Waals surface area (Å²) >= 11 is 1.65. The van der Waals surface area contributed by atoms with Gasteiger partial charge < -0.3 is 14.3 Å². The molecular formula is C24H21FN2O3S. The Hall–Kier alpha value is -3.32. The van der Waals surface area contributed by atoms with Crippen molar-refractivity contribution in [1.82, 2.24) is 9.88 Å². The molecule has 5 nitrogen and oxygen atoms in total. The predicted octanol–water partition coefficient (Wildman–Crippen LogP) is 4.74. The number of aromatic nitrogens is 1. The third-order valence-corrected chi connectivity index (χ3v) is 5.82. The molecule has 2 aromatic carbocycles. The molecule has 0 aliphatic carbocycles. The zero-order valence-electron chi connectivity index (χ0n) is 17.1. The van der Waals surface area contributed by atoms with E-state index in [1.807, 2.05) is 30.5 Å². The summed E-state index contributed by atoms with van der Waals surface area (Å²) in [6, 6.07) is 15.6. The number of furan rings is 1. The number of hydrogen-bond acceptors (Lipinski definition) is 4. The van der Waals surface area contributed by atoms with Crippen LogP contribution in [0.5, 0.6) is 0 Å². The molecule has 1 N–H and O–H groups in total. The highest BCUT2D eigenvalue weighted by atomic mass is 32.2. The summed E-state index contributed by atoms with van der Waals surface area (Å²) in [4.78, 5) is 27.2. The number of hydrogen-bond donors (Lipinski definition) is 1. The topological polar surface area (TPSA) is 64.2 Å². The Kier molecular flexibility index (Phi) is 5.95. The highest BCUT2D eigenvalue weighted by Gasteiger charge is 2.21. The number of benzene rings is 2. The van der Waals surface area contributed by atoms with Crippen molar-refractivity contribution in [2.75, 3.05) is 6.26 Å². The second-order valence-electron chi connectivity index (χ2n) is 7.18. The molecule has 0 atom stereocenters. The van der Waals surface area contributed by atoms with E-state index in [0.29, 0.717) is 23.5 Å². The van der Waals surface area contributed by atoms with Gasteiger partial charge in [-0.2, -0.15) is 0 Å². The quantitative estimate of drug-likeness (QED) is 0.444. The summed E-state index contributed by atoms with van der Waals surface area (Å²) in [6.45, 7) is 2.20. The molecule has 0 saturated heterocycles.